The average Bonchev–Trinajstić information content (AvgIpc) is 3.32. The van der Waals surface area contributed by atoms with Crippen LogP contribution in [0.5, 0.6) is 0 Å². The maximum absolute atomic E-state index is 12.5. The molecule has 0 radical (unpaired) electrons. The van der Waals surface area contributed by atoms with E-state index >= 15 is 0 Å². The van der Waals surface area contributed by atoms with E-state index in [0.717, 1.165) is 10.4 Å². The molecule has 2 aromatic heterocycles. The van der Waals surface area contributed by atoms with Crippen LogP contribution in [0, 0.1) is 0 Å². The molecule has 3 aromatic rings. The van der Waals surface area contributed by atoms with E-state index in [9.17, 15) is 9.59 Å². The quantitative estimate of drug-likeness (QED) is 0.461. The predicted molar refractivity (Wildman–Crippen MR) is 105 cm³/mol. The molecule has 3 rings (SSSR count). The predicted octanol–water partition coefficient (Wildman–Crippen LogP) is 2.96. The van der Waals surface area contributed by atoms with Crippen molar-refractivity contribution in [2.45, 2.75) is 31.6 Å². The van der Waals surface area contributed by atoms with Crippen LogP contribution in [-0.4, -0.2) is 37.7 Å². The highest BCUT2D eigenvalue weighted by Crippen LogP contribution is 2.19. The Balaban J connectivity index is 1.58. The van der Waals surface area contributed by atoms with Gasteiger partial charge >= 0.3 is 0 Å². The van der Waals surface area contributed by atoms with Crippen LogP contribution in [0.3, 0.4) is 0 Å². The summed E-state index contributed by atoms with van der Waals surface area (Å²) in [7, 11) is 0. The zero-order valence-corrected chi connectivity index (χ0v) is 16.6. The Hall–Kier alpha value is -2.52. The molecule has 7 nitrogen and oxygen atoms in total. The number of hydrogen-bond acceptors (Lipinski definition) is 7. The van der Waals surface area contributed by atoms with Crippen molar-refractivity contribution in [3.63, 3.8) is 0 Å². The fraction of sp³-hybridized carbons (Fsp3) is 0.278. The summed E-state index contributed by atoms with van der Waals surface area (Å²) in [4.78, 5) is 24.8. The first-order valence-electron chi connectivity index (χ1n) is 8.34. The minimum atomic E-state index is -0.0945. The molecule has 0 spiro atoms. The van der Waals surface area contributed by atoms with Crippen molar-refractivity contribution in [2.24, 2.45) is 0 Å². The summed E-state index contributed by atoms with van der Waals surface area (Å²) in [5, 5.41) is 17.2. The molecule has 1 amide bonds. The Kier molecular flexibility index (Phi) is 6.36. The SMILES string of the molecule is CC(=O)NC(C)c1ccc(C(=O)CSc2nnnn2Cc2cccs2)cc1. The molecule has 2 heterocycles. The number of carbonyl (C=O) groups excluding carboxylic acids is 2. The molecule has 1 aromatic carbocycles. The molecule has 0 aliphatic carbocycles. The highest BCUT2D eigenvalue weighted by atomic mass is 32.2. The standard InChI is InChI=1S/C18H19N5O2S2/c1-12(19-13(2)24)14-5-7-15(8-6-14)17(25)11-27-18-20-21-22-23(18)10-16-4-3-9-26-16/h3-9,12H,10-11H2,1-2H3,(H,19,24). The van der Waals surface area contributed by atoms with Gasteiger partial charge in [0, 0.05) is 17.4 Å². The molecule has 0 fully saturated rings. The van der Waals surface area contributed by atoms with Crippen molar-refractivity contribution in [1.82, 2.24) is 25.5 Å². The highest BCUT2D eigenvalue weighted by molar-refractivity contribution is 7.99. The van der Waals surface area contributed by atoms with Crippen molar-refractivity contribution in [1.29, 1.82) is 0 Å². The van der Waals surface area contributed by atoms with E-state index in [1.54, 1.807) is 28.2 Å². The van der Waals surface area contributed by atoms with Gasteiger partial charge in [0.1, 0.15) is 0 Å². The van der Waals surface area contributed by atoms with Gasteiger partial charge in [0.15, 0.2) is 5.78 Å². The van der Waals surface area contributed by atoms with Gasteiger partial charge in [0.25, 0.3) is 0 Å². The number of thiophene rings is 1. The van der Waals surface area contributed by atoms with Gasteiger partial charge < -0.3 is 5.32 Å². The number of aromatic nitrogens is 4. The molecule has 0 aliphatic rings. The van der Waals surface area contributed by atoms with Crippen molar-refractivity contribution >= 4 is 34.8 Å². The number of carbonyl (C=O) groups is 2. The Morgan fingerprint density at radius 1 is 1.26 bits per heavy atom. The molecular weight excluding hydrogens is 382 g/mol. The van der Waals surface area contributed by atoms with Gasteiger partial charge in [-0.2, -0.15) is 0 Å². The third-order valence-corrected chi connectivity index (χ3v) is 5.69. The van der Waals surface area contributed by atoms with Crippen molar-refractivity contribution < 1.29 is 9.59 Å². The second-order valence-corrected chi connectivity index (χ2v) is 7.93. The van der Waals surface area contributed by atoms with E-state index < -0.39 is 0 Å². The molecule has 1 N–H and O–H groups in total. The number of nitrogens with one attached hydrogen (secondary N) is 1. The van der Waals surface area contributed by atoms with Crippen LogP contribution in [0.25, 0.3) is 0 Å². The molecule has 0 saturated heterocycles. The van der Waals surface area contributed by atoms with Crippen molar-refractivity contribution in [3.8, 4) is 0 Å². The smallest absolute Gasteiger partial charge is 0.217 e. The zero-order chi connectivity index (χ0) is 19.2. The first kappa shape index (κ1) is 19.2. The maximum atomic E-state index is 12.5. The fourth-order valence-corrected chi connectivity index (χ4v) is 3.97. The van der Waals surface area contributed by atoms with Gasteiger partial charge in [-0.05, 0) is 34.4 Å². The summed E-state index contributed by atoms with van der Waals surface area (Å²) in [5.74, 6) is 0.175. The van der Waals surface area contributed by atoms with E-state index in [-0.39, 0.29) is 23.5 Å². The van der Waals surface area contributed by atoms with Gasteiger partial charge in [-0.1, -0.05) is 42.1 Å². The lowest BCUT2D eigenvalue weighted by Gasteiger charge is -2.13. The topological polar surface area (TPSA) is 89.8 Å². The molecule has 27 heavy (non-hydrogen) atoms. The summed E-state index contributed by atoms with van der Waals surface area (Å²) in [5.41, 5.74) is 1.58. The van der Waals surface area contributed by atoms with Gasteiger partial charge in [-0.25, -0.2) is 4.68 Å². The summed E-state index contributed by atoms with van der Waals surface area (Å²) in [6.07, 6.45) is 0. The highest BCUT2D eigenvalue weighted by Gasteiger charge is 2.13. The van der Waals surface area contributed by atoms with Crippen LogP contribution in [0.1, 0.15) is 40.7 Å². The van der Waals surface area contributed by atoms with Crippen LogP contribution in [-0.2, 0) is 11.3 Å². The summed E-state index contributed by atoms with van der Waals surface area (Å²) < 4.78 is 1.70. The van der Waals surface area contributed by atoms with Crippen LogP contribution >= 0.6 is 23.1 Å². The van der Waals surface area contributed by atoms with E-state index in [4.69, 9.17) is 0 Å². The van der Waals surface area contributed by atoms with Gasteiger partial charge in [0.2, 0.25) is 11.1 Å². The van der Waals surface area contributed by atoms with Crippen molar-refractivity contribution in [2.75, 3.05) is 5.75 Å². The van der Waals surface area contributed by atoms with Crippen LogP contribution in [0.4, 0.5) is 0 Å². The molecular formula is C18H19N5O2S2. The minimum Gasteiger partial charge on any atom is -0.350 e. The number of rotatable bonds is 8. The first-order valence-corrected chi connectivity index (χ1v) is 10.2. The second kappa shape index (κ2) is 8.92. The van der Waals surface area contributed by atoms with E-state index in [1.165, 1.54) is 18.7 Å². The second-order valence-electron chi connectivity index (χ2n) is 5.95. The number of amides is 1. The minimum absolute atomic E-state index is 0.00408. The van der Waals surface area contributed by atoms with Crippen LogP contribution < -0.4 is 5.32 Å². The normalized spacial score (nSPS) is 11.9. The Labute approximate surface area is 165 Å². The molecule has 0 aliphatic heterocycles. The molecule has 1 atom stereocenters. The number of Topliss-reactive ketones (excluding diaryl/α,β-unsaturated/α-hetero) is 1. The number of tetrazole rings is 1. The monoisotopic (exact) mass is 401 g/mol. The third-order valence-electron chi connectivity index (χ3n) is 3.87. The average molecular weight is 402 g/mol. The van der Waals surface area contributed by atoms with Crippen LogP contribution in [0.2, 0.25) is 0 Å². The molecule has 1 unspecified atom stereocenters. The van der Waals surface area contributed by atoms with E-state index in [1.807, 2.05) is 36.6 Å². The van der Waals surface area contributed by atoms with E-state index in [2.05, 4.69) is 20.8 Å². The largest absolute Gasteiger partial charge is 0.350 e. The summed E-state index contributed by atoms with van der Waals surface area (Å²) >= 11 is 2.96. The summed E-state index contributed by atoms with van der Waals surface area (Å²) in [6, 6.07) is 11.2. The Bertz CT molecular complexity index is 906. The number of nitrogens with zero attached hydrogens (tertiary/aromatic N) is 4. The lowest BCUT2D eigenvalue weighted by atomic mass is 10.0. The molecule has 0 bridgehead atoms. The lowest BCUT2D eigenvalue weighted by Crippen LogP contribution is -2.23. The molecule has 9 heteroatoms. The fourth-order valence-electron chi connectivity index (χ4n) is 2.51. The number of ketones is 1. The van der Waals surface area contributed by atoms with E-state index in [0.29, 0.717) is 17.3 Å². The first-order chi connectivity index (χ1) is 13.0. The molecule has 140 valence electrons. The number of hydrogen-bond donors (Lipinski definition) is 1. The lowest BCUT2D eigenvalue weighted by molar-refractivity contribution is -0.119. The zero-order valence-electron chi connectivity index (χ0n) is 15.0. The van der Waals surface area contributed by atoms with Gasteiger partial charge in [-0.15, -0.1) is 16.4 Å². The van der Waals surface area contributed by atoms with Gasteiger partial charge in [-0.3, -0.25) is 9.59 Å². The third kappa shape index (κ3) is 5.24. The number of benzene rings is 1. The van der Waals surface area contributed by atoms with Gasteiger partial charge in [0.05, 0.1) is 18.3 Å². The number of thioether (sulfide) groups is 1. The maximum Gasteiger partial charge on any atom is 0.217 e. The van der Waals surface area contributed by atoms with Crippen LogP contribution in [0.15, 0.2) is 46.9 Å². The molecule has 0 saturated carbocycles. The Morgan fingerprint density at radius 2 is 2.04 bits per heavy atom. The Morgan fingerprint density at radius 3 is 2.70 bits per heavy atom. The van der Waals surface area contributed by atoms with Crippen molar-refractivity contribution in [3.05, 3.63) is 57.8 Å². The summed E-state index contributed by atoms with van der Waals surface area (Å²) in [6.45, 7) is 3.98.